The molecular formula is C13H17FN2O5. The predicted molar refractivity (Wildman–Crippen MR) is 72.4 cm³/mol. The number of nitrogens with zero attached hydrogens (tertiary/aromatic N) is 1. The fraction of sp³-hybridized carbons (Fsp3) is 0.462. The molecule has 7 nitrogen and oxygen atoms in total. The number of nitro benzene ring substituents is 1. The highest BCUT2D eigenvalue weighted by atomic mass is 19.1. The van der Waals surface area contributed by atoms with Crippen molar-refractivity contribution in [2.75, 3.05) is 13.7 Å². The van der Waals surface area contributed by atoms with Crippen molar-refractivity contribution in [3.63, 3.8) is 0 Å². The van der Waals surface area contributed by atoms with Gasteiger partial charge in [0.25, 0.3) is 5.69 Å². The number of carbonyl (C=O) groups excluding carboxylic acids is 1. The molecule has 0 aliphatic carbocycles. The fourth-order valence-corrected chi connectivity index (χ4v) is 1.68. The van der Waals surface area contributed by atoms with E-state index in [1.54, 1.807) is 0 Å². The van der Waals surface area contributed by atoms with E-state index in [1.807, 2.05) is 0 Å². The lowest BCUT2D eigenvalue weighted by atomic mass is 9.98. The highest BCUT2D eigenvalue weighted by Crippen LogP contribution is 2.23. The smallest absolute Gasteiger partial charge is 0.325 e. The third kappa shape index (κ3) is 4.67. The number of methoxy groups -OCH3 is 1. The first-order valence-electron chi connectivity index (χ1n) is 6.22. The number of esters is 1. The summed E-state index contributed by atoms with van der Waals surface area (Å²) in [5, 5.41) is 10.5. The van der Waals surface area contributed by atoms with Crippen LogP contribution in [0.2, 0.25) is 0 Å². The van der Waals surface area contributed by atoms with Crippen LogP contribution in [-0.2, 0) is 9.53 Å². The maximum atomic E-state index is 13.5. The van der Waals surface area contributed by atoms with Crippen LogP contribution in [0.25, 0.3) is 0 Å². The SMILES string of the molecule is COC(=O)C(C)(N)CCCOc1ccc([N+](=O)[O-])cc1F. The summed E-state index contributed by atoms with van der Waals surface area (Å²) >= 11 is 0. The van der Waals surface area contributed by atoms with Crippen molar-refractivity contribution in [3.8, 4) is 5.75 Å². The molecule has 0 heterocycles. The van der Waals surface area contributed by atoms with Gasteiger partial charge in [-0.25, -0.2) is 4.39 Å². The molecule has 0 aliphatic heterocycles. The highest BCUT2D eigenvalue weighted by Gasteiger charge is 2.28. The lowest BCUT2D eigenvalue weighted by Gasteiger charge is -2.21. The maximum Gasteiger partial charge on any atom is 0.325 e. The van der Waals surface area contributed by atoms with Crippen molar-refractivity contribution in [1.29, 1.82) is 0 Å². The summed E-state index contributed by atoms with van der Waals surface area (Å²) in [4.78, 5) is 21.1. The molecule has 0 bridgehead atoms. The minimum atomic E-state index is -1.13. The van der Waals surface area contributed by atoms with Crippen LogP contribution in [0.3, 0.4) is 0 Å². The average Bonchev–Trinajstić information content (AvgIpc) is 2.43. The summed E-state index contributed by atoms with van der Waals surface area (Å²) in [5.41, 5.74) is 4.27. The number of halogens is 1. The number of carbonyl (C=O) groups is 1. The summed E-state index contributed by atoms with van der Waals surface area (Å²) in [5.74, 6) is -1.44. The van der Waals surface area contributed by atoms with Gasteiger partial charge in [0.05, 0.1) is 24.7 Å². The summed E-state index contributed by atoms with van der Waals surface area (Å²) in [7, 11) is 1.25. The Kier molecular flexibility index (Phi) is 5.60. The van der Waals surface area contributed by atoms with E-state index in [0.717, 1.165) is 12.1 Å². The molecule has 1 atom stereocenters. The molecule has 0 spiro atoms. The van der Waals surface area contributed by atoms with Gasteiger partial charge in [0, 0.05) is 6.07 Å². The Bertz CT molecular complexity index is 533. The molecule has 116 valence electrons. The lowest BCUT2D eigenvalue weighted by molar-refractivity contribution is -0.385. The maximum absolute atomic E-state index is 13.5. The van der Waals surface area contributed by atoms with Gasteiger partial charge in [-0.3, -0.25) is 14.9 Å². The number of rotatable bonds is 7. The molecule has 0 saturated carbocycles. The minimum Gasteiger partial charge on any atom is -0.491 e. The van der Waals surface area contributed by atoms with Crippen molar-refractivity contribution < 1.29 is 23.6 Å². The van der Waals surface area contributed by atoms with Crippen molar-refractivity contribution >= 4 is 11.7 Å². The zero-order chi connectivity index (χ0) is 16.0. The van der Waals surface area contributed by atoms with Crippen LogP contribution in [0.5, 0.6) is 5.75 Å². The van der Waals surface area contributed by atoms with E-state index in [0.29, 0.717) is 12.8 Å². The Labute approximate surface area is 121 Å². The van der Waals surface area contributed by atoms with Crippen LogP contribution < -0.4 is 10.5 Å². The zero-order valence-corrected chi connectivity index (χ0v) is 11.8. The third-order valence-corrected chi connectivity index (χ3v) is 2.88. The largest absolute Gasteiger partial charge is 0.491 e. The molecule has 2 N–H and O–H groups in total. The van der Waals surface area contributed by atoms with Gasteiger partial charge in [0.1, 0.15) is 5.54 Å². The Hall–Kier alpha value is -2.22. The number of non-ortho nitro benzene ring substituents is 1. The van der Waals surface area contributed by atoms with Crippen LogP contribution in [0.4, 0.5) is 10.1 Å². The molecule has 0 aromatic heterocycles. The van der Waals surface area contributed by atoms with Gasteiger partial charge >= 0.3 is 5.97 Å². The second-order valence-corrected chi connectivity index (χ2v) is 4.73. The van der Waals surface area contributed by atoms with Crippen molar-refractivity contribution in [1.82, 2.24) is 0 Å². The number of nitro groups is 1. The van der Waals surface area contributed by atoms with Gasteiger partial charge in [0.15, 0.2) is 11.6 Å². The normalized spacial score (nSPS) is 13.3. The van der Waals surface area contributed by atoms with Crippen molar-refractivity contribution in [2.24, 2.45) is 5.73 Å². The lowest BCUT2D eigenvalue weighted by Crippen LogP contribution is -2.45. The van der Waals surface area contributed by atoms with Crippen LogP contribution >= 0.6 is 0 Å². The van der Waals surface area contributed by atoms with Crippen LogP contribution in [-0.4, -0.2) is 30.1 Å². The van der Waals surface area contributed by atoms with E-state index >= 15 is 0 Å². The summed E-state index contributed by atoms with van der Waals surface area (Å²) in [6, 6.07) is 3.13. The molecule has 0 saturated heterocycles. The fourth-order valence-electron chi connectivity index (χ4n) is 1.68. The predicted octanol–water partition coefficient (Wildman–Crippen LogP) is 1.78. The van der Waals surface area contributed by atoms with Crippen LogP contribution in [0.15, 0.2) is 18.2 Å². The molecule has 1 aromatic rings. The van der Waals surface area contributed by atoms with Gasteiger partial charge in [-0.05, 0) is 25.8 Å². The first-order valence-corrected chi connectivity index (χ1v) is 6.22. The topological polar surface area (TPSA) is 105 Å². The van der Waals surface area contributed by atoms with Gasteiger partial charge < -0.3 is 15.2 Å². The molecule has 8 heteroatoms. The zero-order valence-electron chi connectivity index (χ0n) is 11.8. The monoisotopic (exact) mass is 300 g/mol. The van der Waals surface area contributed by atoms with Gasteiger partial charge in [-0.2, -0.15) is 0 Å². The third-order valence-electron chi connectivity index (χ3n) is 2.88. The van der Waals surface area contributed by atoms with E-state index in [9.17, 15) is 19.3 Å². The Morgan fingerprint density at radius 2 is 2.19 bits per heavy atom. The number of hydrogen-bond donors (Lipinski definition) is 1. The standard InChI is InChI=1S/C13H17FN2O5/c1-13(15,12(17)20-2)6-3-7-21-11-5-4-9(16(18)19)8-10(11)14/h4-5,8H,3,6-7,15H2,1-2H3. The Balaban J connectivity index is 2.50. The summed E-state index contributed by atoms with van der Waals surface area (Å²) < 4.78 is 23.3. The first-order chi connectivity index (χ1) is 9.77. The second kappa shape index (κ2) is 6.98. The molecule has 0 fully saturated rings. The minimum absolute atomic E-state index is 0.0857. The highest BCUT2D eigenvalue weighted by molar-refractivity contribution is 5.79. The van der Waals surface area contributed by atoms with Crippen molar-refractivity contribution in [2.45, 2.75) is 25.3 Å². The summed E-state index contributed by atoms with van der Waals surface area (Å²) in [6.07, 6.45) is 0.701. The van der Waals surface area contributed by atoms with Gasteiger partial charge in [-0.1, -0.05) is 0 Å². The molecule has 1 unspecified atom stereocenters. The quantitative estimate of drug-likeness (QED) is 0.356. The van der Waals surface area contributed by atoms with E-state index in [1.165, 1.54) is 20.1 Å². The molecule has 0 aliphatic rings. The Morgan fingerprint density at radius 3 is 2.71 bits per heavy atom. The van der Waals surface area contributed by atoms with E-state index in [-0.39, 0.29) is 18.0 Å². The number of ether oxygens (including phenoxy) is 2. The van der Waals surface area contributed by atoms with Crippen LogP contribution in [0, 0.1) is 15.9 Å². The first kappa shape index (κ1) is 16.8. The molecule has 1 aromatic carbocycles. The Morgan fingerprint density at radius 1 is 1.52 bits per heavy atom. The molecular weight excluding hydrogens is 283 g/mol. The van der Waals surface area contributed by atoms with E-state index in [4.69, 9.17) is 10.5 Å². The number of nitrogens with two attached hydrogens (primary N) is 1. The molecule has 0 amide bonds. The molecule has 1 rings (SSSR count). The van der Waals surface area contributed by atoms with Crippen LogP contribution in [0.1, 0.15) is 19.8 Å². The van der Waals surface area contributed by atoms with E-state index in [2.05, 4.69) is 4.74 Å². The molecule has 0 radical (unpaired) electrons. The molecule has 21 heavy (non-hydrogen) atoms. The summed E-state index contributed by atoms with van der Waals surface area (Å²) in [6.45, 7) is 1.66. The number of hydrogen-bond acceptors (Lipinski definition) is 6. The second-order valence-electron chi connectivity index (χ2n) is 4.73. The average molecular weight is 300 g/mol. The van der Waals surface area contributed by atoms with Crippen molar-refractivity contribution in [3.05, 3.63) is 34.1 Å². The van der Waals surface area contributed by atoms with Gasteiger partial charge in [0.2, 0.25) is 0 Å². The van der Waals surface area contributed by atoms with Gasteiger partial charge in [-0.15, -0.1) is 0 Å². The number of benzene rings is 1. The van der Waals surface area contributed by atoms with E-state index < -0.39 is 22.2 Å².